The first kappa shape index (κ1) is 17.2. The van der Waals surface area contributed by atoms with Gasteiger partial charge in [0.25, 0.3) is 5.91 Å². The van der Waals surface area contributed by atoms with Gasteiger partial charge in [-0.3, -0.25) is 9.59 Å². The summed E-state index contributed by atoms with van der Waals surface area (Å²) in [4.78, 5) is 25.2. The summed E-state index contributed by atoms with van der Waals surface area (Å²) in [5.74, 6) is -0.814. The maximum Gasteiger partial charge on any atom is 0.325 e. The quantitative estimate of drug-likeness (QED) is 0.735. The number of ether oxygens (including phenoxy) is 1. The Balaban J connectivity index is 2.88. The average Bonchev–Trinajstić information content (AvgIpc) is 2.43. The van der Waals surface area contributed by atoms with E-state index in [1.54, 1.807) is 13.8 Å². The van der Waals surface area contributed by atoms with Crippen LogP contribution in [0.4, 0.5) is 0 Å². The summed E-state index contributed by atoms with van der Waals surface area (Å²) >= 11 is 0. The molecule has 0 N–H and O–H groups in total. The van der Waals surface area contributed by atoms with Crippen molar-refractivity contribution in [2.24, 2.45) is 0 Å². The Bertz CT molecular complexity index is 607. The van der Waals surface area contributed by atoms with Gasteiger partial charge in [0.2, 0.25) is 0 Å². The van der Waals surface area contributed by atoms with Gasteiger partial charge in [0, 0.05) is 18.4 Å². The zero-order valence-electron chi connectivity index (χ0n) is 12.3. The van der Waals surface area contributed by atoms with Crippen LogP contribution in [0.15, 0.2) is 29.2 Å². The summed E-state index contributed by atoms with van der Waals surface area (Å²) in [5, 5.41) is 0. The smallest absolute Gasteiger partial charge is 0.325 e. The molecule has 1 rings (SSSR count). The molecule has 1 aromatic rings. The minimum atomic E-state index is -3.30. The molecular weight excluding hydrogens is 294 g/mol. The number of carbonyl (C=O) groups excluding carboxylic acids is 2. The molecule has 0 aromatic heterocycles. The van der Waals surface area contributed by atoms with Crippen LogP contribution in [-0.4, -0.2) is 51.1 Å². The van der Waals surface area contributed by atoms with Gasteiger partial charge in [0.05, 0.1) is 11.5 Å². The molecule has 21 heavy (non-hydrogen) atoms. The van der Waals surface area contributed by atoms with Gasteiger partial charge in [-0.25, -0.2) is 8.42 Å². The Morgan fingerprint density at radius 3 is 2.14 bits per heavy atom. The molecule has 0 aliphatic rings. The van der Waals surface area contributed by atoms with Gasteiger partial charge in [-0.2, -0.15) is 0 Å². The van der Waals surface area contributed by atoms with Crippen molar-refractivity contribution in [1.29, 1.82) is 0 Å². The fraction of sp³-hybridized carbons (Fsp3) is 0.429. The van der Waals surface area contributed by atoms with Crippen LogP contribution in [0.5, 0.6) is 0 Å². The molecule has 1 aromatic carbocycles. The zero-order chi connectivity index (χ0) is 16.0. The number of likely N-dealkylation sites (N-methyl/N-ethyl adjacent to an activating group) is 1. The standard InChI is InChI=1S/C14H19NO5S/c1-4-15(10-13(16)20-5-2)14(17)11-6-8-12(9-7-11)21(3,18)19/h6-9H,4-5,10H2,1-3H3. The van der Waals surface area contributed by atoms with Crippen LogP contribution in [0.25, 0.3) is 0 Å². The Labute approximate surface area is 124 Å². The minimum absolute atomic E-state index is 0.128. The highest BCUT2D eigenvalue weighted by molar-refractivity contribution is 7.90. The van der Waals surface area contributed by atoms with E-state index < -0.39 is 15.8 Å². The van der Waals surface area contributed by atoms with Crippen LogP contribution < -0.4 is 0 Å². The van der Waals surface area contributed by atoms with Crippen LogP contribution >= 0.6 is 0 Å². The molecule has 0 spiro atoms. The van der Waals surface area contributed by atoms with Gasteiger partial charge in [-0.05, 0) is 38.1 Å². The second-order valence-electron chi connectivity index (χ2n) is 4.42. The van der Waals surface area contributed by atoms with Crippen LogP contribution in [0.1, 0.15) is 24.2 Å². The van der Waals surface area contributed by atoms with Crippen molar-refractivity contribution < 1.29 is 22.7 Å². The molecule has 0 saturated heterocycles. The molecule has 0 aliphatic heterocycles. The van der Waals surface area contributed by atoms with Gasteiger partial charge in [0.15, 0.2) is 9.84 Å². The molecule has 0 fully saturated rings. The van der Waals surface area contributed by atoms with Gasteiger partial charge in [0.1, 0.15) is 6.54 Å². The van der Waals surface area contributed by atoms with Crippen molar-refractivity contribution in [3.8, 4) is 0 Å². The number of sulfone groups is 1. The maximum absolute atomic E-state index is 12.2. The fourth-order valence-electron chi connectivity index (χ4n) is 1.72. The van der Waals surface area contributed by atoms with E-state index >= 15 is 0 Å². The third-order valence-corrected chi connectivity index (χ3v) is 3.95. The molecule has 0 unspecified atom stereocenters. The molecule has 1 amide bonds. The largest absolute Gasteiger partial charge is 0.465 e. The number of esters is 1. The van der Waals surface area contributed by atoms with Crippen LogP contribution in [0.2, 0.25) is 0 Å². The van der Waals surface area contributed by atoms with Gasteiger partial charge in [-0.15, -0.1) is 0 Å². The summed E-state index contributed by atoms with van der Waals surface area (Å²) in [6.45, 7) is 3.93. The second kappa shape index (κ2) is 7.21. The SMILES string of the molecule is CCOC(=O)CN(CC)C(=O)c1ccc(S(C)(=O)=O)cc1. The van der Waals surface area contributed by atoms with E-state index in [0.717, 1.165) is 6.26 Å². The van der Waals surface area contributed by atoms with E-state index in [9.17, 15) is 18.0 Å². The molecular formula is C14H19NO5S. The lowest BCUT2D eigenvalue weighted by Crippen LogP contribution is -2.36. The van der Waals surface area contributed by atoms with Gasteiger partial charge in [-0.1, -0.05) is 0 Å². The zero-order valence-corrected chi connectivity index (χ0v) is 13.1. The number of carbonyl (C=O) groups is 2. The van der Waals surface area contributed by atoms with E-state index in [2.05, 4.69) is 0 Å². The third kappa shape index (κ3) is 4.86. The summed E-state index contributed by atoms with van der Waals surface area (Å²) in [7, 11) is -3.30. The minimum Gasteiger partial charge on any atom is -0.465 e. The van der Waals surface area contributed by atoms with Crippen LogP contribution in [0, 0.1) is 0 Å². The number of amides is 1. The van der Waals surface area contributed by atoms with Gasteiger partial charge < -0.3 is 9.64 Å². The van der Waals surface area contributed by atoms with E-state index in [-0.39, 0.29) is 24.0 Å². The fourth-order valence-corrected chi connectivity index (χ4v) is 2.35. The molecule has 0 atom stereocenters. The first-order chi connectivity index (χ1) is 9.79. The normalized spacial score (nSPS) is 11.0. The van der Waals surface area contributed by atoms with E-state index in [1.165, 1.54) is 29.2 Å². The molecule has 0 heterocycles. The lowest BCUT2D eigenvalue weighted by Gasteiger charge is -2.19. The predicted molar refractivity (Wildman–Crippen MR) is 77.8 cm³/mol. The van der Waals surface area contributed by atoms with Crippen molar-refractivity contribution in [1.82, 2.24) is 4.90 Å². The molecule has 6 nitrogen and oxygen atoms in total. The summed E-state index contributed by atoms with van der Waals surface area (Å²) in [5.41, 5.74) is 0.327. The topological polar surface area (TPSA) is 80.8 Å². The molecule has 7 heteroatoms. The molecule has 0 aliphatic carbocycles. The van der Waals surface area contributed by atoms with Crippen LogP contribution in [0.3, 0.4) is 0 Å². The summed E-state index contributed by atoms with van der Waals surface area (Å²) in [6, 6.07) is 5.63. The molecule has 116 valence electrons. The molecule has 0 saturated carbocycles. The molecule has 0 bridgehead atoms. The Morgan fingerprint density at radius 1 is 1.14 bits per heavy atom. The number of nitrogens with zero attached hydrogens (tertiary/aromatic N) is 1. The average molecular weight is 313 g/mol. The predicted octanol–water partition coefficient (Wildman–Crippen LogP) is 1.12. The Kier molecular flexibility index (Phi) is 5.90. The monoisotopic (exact) mass is 313 g/mol. The van der Waals surface area contributed by atoms with Crippen molar-refractivity contribution in [3.63, 3.8) is 0 Å². The maximum atomic E-state index is 12.2. The lowest BCUT2D eigenvalue weighted by molar-refractivity contribution is -0.143. The molecule has 0 radical (unpaired) electrons. The Hall–Kier alpha value is -1.89. The van der Waals surface area contributed by atoms with Crippen molar-refractivity contribution in [2.75, 3.05) is 26.0 Å². The third-order valence-electron chi connectivity index (χ3n) is 2.82. The second-order valence-corrected chi connectivity index (χ2v) is 6.44. The highest BCUT2D eigenvalue weighted by atomic mass is 32.2. The number of benzene rings is 1. The number of hydrogen-bond donors (Lipinski definition) is 0. The summed E-state index contributed by atoms with van der Waals surface area (Å²) in [6.07, 6.45) is 1.10. The van der Waals surface area contributed by atoms with E-state index in [0.29, 0.717) is 12.1 Å². The summed E-state index contributed by atoms with van der Waals surface area (Å²) < 4.78 is 27.5. The van der Waals surface area contributed by atoms with E-state index in [4.69, 9.17) is 4.74 Å². The van der Waals surface area contributed by atoms with Crippen molar-refractivity contribution >= 4 is 21.7 Å². The lowest BCUT2D eigenvalue weighted by atomic mass is 10.2. The highest BCUT2D eigenvalue weighted by Crippen LogP contribution is 2.12. The highest BCUT2D eigenvalue weighted by Gasteiger charge is 2.18. The van der Waals surface area contributed by atoms with Gasteiger partial charge >= 0.3 is 5.97 Å². The Morgan fingerprint density at radius 2 is 1.71 bits per heavy atom. The first-order valence-electron chi connectivity index (χ1n) is 6.54. The van der Waals surface area contributed by atoms with Crippen LogP contribution in [-0.2, 0) is 19.4 Å². The van der Waals surface area contributed by atoms with E-state index in [1.807, 2.05) is 0 Å². The van der Waals surface area contributed by atoms with Crippen molar-refractivity contribution in [2.45, 2.75) is 18.7 Å². The number of rotatable bonds is 6. The number of hydrogen-bond acceptors (Lipinski definition) is 5. The first-order valence-corrected chi connectivity index (χ1v) is 8.43. The van der Waals surface area contributed by atoms with Crippen molar-refractivity contribution in [3.05, 3.63) is 29.8 Å².